The number of hydrogen-bond donors (Lipinski definition) is 1. The number of hydrogen-bond acceptors (Lipinski definition) is 6. The minimum absolute atomic E-state index is 0. The smallest absolute Gasteiger partial charge is 1.00 e. The first-order chi connectivity index (χ1) is 24.0. The second-order valence-electron chi connectivity index (χ2n) is 14.3. The van der Waals surface area contributed by atoms with E-state index in [-0.39, 0.29) is 55.8 Å². The molecule has 8 rings (SSSR count). The van der Waals surface area contributed by atoms with Gasteiger partial charge in [0.2, 0.25) is 5.91 Å². The van der Waals surface area contributed by atoms with Gasteiger partial charge in [-0.1, -0.05) is 73.2 Å². The third-order valence-corrected chi connectivity index (χ3v) is 12.6. The van der Waals surface area contributed by atoms with Crippen molar-refractivity contribution < 1.29 is 54.1 Å². The van der Waals surface area contributed by atoms with E-state index in [0.29, 0.717) is 29.1 Å². The molecule has 6 aliphatic rings. The van der Waals surface area contributed by atoms with Gasteiger partial charge >= 0.3 is 27.1 Å². The molecule has 4 bridgehead atoms. The van der Waals surface area contributed by atoms with Gasteiger partial charge in [0.15, 0.2) is 0 Å². The molecule has 2 heterocycles. The number of likely N-dealkylation sites (tertiary alicyclic amines) is 2. The predicted molar refractivity (Wildman–Crippen MR) is 184 cm³/mol. The number of rotatable bonds is 1. The van der Waals surface area contributed by atoms with Gasteiger partial charge in [-0.25, -0.2) is 5.26 Å². The fraction of sp³-hybridized carbons (Fsp3) is 0.649. The molecule has 0 aromatic heterocycles. The molecule has 0 spiro atoms. The van der Waals surface area contributed by atoms with Gasteiger partial charge in [-0.05, 0) is 117 Å². The summed E-state index contributed by atoms with van der Waals surface area (Å²) in [6, 6.07) is 12.7. The summed E-state index contributed by atoms with van der Waals surface area (Å²) in [7, 11) is -0.774. The van der Waals surface area contributed by atoms with Crippen LogP contribution >= 0.6 is 8.25 Å². The SMILES string of the molecule is O=[P+]([O-])OO.[2H]C([2H])([2H])c1ccc2c(c1)[C@]13CCCC[C@@H]1[C@H](C2)N(C(C)=O)CC3.[2H]C([2H])([2H])c1ccc2c(c1)[C@]13CCCC[C@@H]1[C@H](C2)N(C)CC3.[Al].[H-].[HH].[Li+]. The molecule has 2 saturated heterocycles. The number of carbonyl (C=O) groups is 1. The topological polar surface area (TPSA) is 93.1 Å². The maximum Gasteiger partial charge on any atom is 1.00 e. The molecule has 47 heavy (non-hydrogen) atoms. The van der Waals surface area contributed by atoms with Crippen LogP contribution in [0.25, 0.3) is 0 Å². The van der Waals surface area contributed by atoms with Crippen molar-refractivity contribution in [2.75, 3.05) is 20.1 Å². The van der Waals surface area contributed by atoms with E-state index in [4.69, 9.17) is 22.9 Å². The van der Waals surface area contributed by atoms with E-state index in [1.165, 1.54) is 67.2 Å². The van der Waals surface area contributed by atoms with Crippen LogP contribution in [-0.4, -0.2) is 70.5 Å². The Labute approximate surface area is 316 Å². The van der Waals surface area contributed by atoms with Crippen molar-refractivity contribution in [3.63, 3.8) is 0 Å². The van der Waals surface area contributed by atoms with Gasteiger partial charge in [-0.15, -0.1) is 0 Å². The Bertz CT molecular complexity index is 1660. The van der Waals surface area contributed by atoms with Crippen LogP contribution < -0.4 is 23.8 Å². The van der Waals surface area contributed by atoms with E-state index in [1.54, 1.807) is 13.0 Å². The van der Waals surface area contributed by atoms with Gasteiger partial charge < -0.3 is 16.1 Å². The number of piperidine rings is 2. The van der Waals surface area contributed by atoms with Crippen LogP contribution in [-0.2, 0) is 37.7 Å². The molecule has 2 aromatic carbocycles. The van der Waals surface area contributed by atoms with Gasteiger partial charge in [-0.3, -0.25) is 4.79 Å². The van der Waals surface area contributed by atoms with Crippen LogP contribution in [0.3, 0.4) is 0 Å². The molecule has 1 amide bonds. The zero-order valence-electron chi connectivity index (χ0n) is 35.2. The molecule has 10 heteroatoms. The van der Waals surface area contributed by atoms with Crippen LogP contribution in [0, 0.1) is 25.5 Å². The van der Waals surface area contributed by atoms with Crippen molar-refractivity contribution in [2.24, 2.45) is 11.8 Å². The third kappa shape index (κ3) is 7.26. The van der Waals surface area contributed by atoms with Crippen molar-refractivity contribution in [2.45, 2.75) is 121 Å². The number of amides is 1. The summed E-state index contributed by atoms with van der Waals surface area (Å²) in [6.07, 6.45) is 14.1. The number of carbonyl (C=O) groups excluding carboxylic acids is 1. The first-order valence-corrected chi connectivity index (χ1v) is 17.8. The molecule has 1 N–H and O–H groups in total. The monoisotopic (exact) mass is 677 g/mol. The minimum atomic E-state index is -3.04. The van der Waals surface area contributed by atoms with Gasteiger partial charge in [-0.2, -0.15) is 0 Å². The normalized spacial score (nSPS) is 34.0. The van der Waals surface area contributed by atoms with Gasteiger partial charge in [0, 0.05) is 68.1 Å². The standard InChI is InChI=1S/C19H25NO.C18H25N.Al.Li.HO4P.H2.H/c1-13-6-7-15-12-18-16-5-3-4-8-19(16,17(15)11-13)9-10-20(18)14(2)21;1-13-6-7-14-12-17-15-5-3-4-8-18(15,16(14)11-13)9-10-19(17)2;;;1-4-5(2)3;;/h6-7,11,16,18H,3-5,8-10,12H2,1-2H3;6-7,11,15,17H,3-5,8-10,12H2,1-2H3;;;1H;1H;/q;;;+1;;;-1/t16-,18+,19+;15-,17+,18+;;;;;/m11...../s1/i2*1D3;;;;;. The van der Waals surface area contributed by atoms with Crippen molar-refractivity contribution >= 4 is 31.5 Å². The van der Waals surface area contributed by atoms with Crippen molar-refractivity contribution in [1.29, 1.82) is 0 Å². The molecule has 1 unspecified atom stereocenters. The average Bonchev–Trinajstić information content (AvgIpc) is 3.09. The molecular weight excluding hydrogens is 617 g/mol. The van der Waals surface area contributed by atoms with Crippen LogP contribution in [0.15, 0.2) is 36.4 Å². The largest absolute Gasteiger partial charge is 1.00 e. The van der Waals surface area contributed by atoms with Gasteiger partial charge in [0.25, 0.3) is 0 Å². The number of benzene rings is 2. The summed E-state index contributed by atoms with van der Waals surface area (Å²) in [5.74, 6) is 1.39. The van der Waals surface area contributed by atoms with E-state index in [2.05, 4.69) is 27.6 Å². The molecule has 7 atom stereocenters. The third-order valence-electron chi connectivity index (χ3n) is 12.4. The molecular formula is C37H54AlLiN2O5P. The van der Waals surface area contributed by atoms with E-state index in [9.17, 15) is 4.79 Å². The Kier molecular flexibility index (Phi) is 10.4. The van der Waals surface area contributed by atoms with Crippen LogP contribution in [0.1, 0.15) is 116 Å². The van der Waals surface area contributed by atoms with E-state index >= 15 is 0 Å². The summed E-state index contributed by atoms with van der Waals surface area (Å²) >= 11 is 0. The number of likely N-dealkylation sites (N-methyl/N-ethyl adjacent to an activating group) is 1. The zero-order valence-corrected chi connectivity index (χ0v) is 30.2. The van der Waals surface area contributed by atoms with Gasteiger partial charge in [0.05, 0.1) is 0 Å². The summed E-state index contributed by atoms with van der Waals surface area (Å²) in [4.78, 5) is 25.7. The first kappa shape index (κ1) is 30.8. The quantitative estimate of drug-likeness (QED) is 0.214. The average molecular weight is 678 g/mol. The number of nitrogens with zero attached hydrogens (tertiary/aromatic N) is 2. The fourth-order valence-electron chi connectivity index (χ4n) is 10.6. The first-order valence-electron chi connectivity index (χ1n) is 19.7. The van der Waals surface area contributed by atoms with Crippen molar-refractivity contribution in [1.82, 2.24) is 9.80 Å². The van der Waals surface area contributed by atoms with Crippen LogP contribution in [0.4, 0.5) is 0 Å². The number of aryl methyl sites for hydroxylation is 2. The summed E-state index contributed by atoms with van der Waals surface area (Å²) in [5.41, 5.74) is 6.67. The molecule has 2 aliphatic heterocycles. The Hall–Kier alpha value is -1.02. The van der Waals surface area contributed by atoms with Crippen LogP contribution in [0.2, 0.25) is 0 Å². The van der Waals surface area contributed by atoms with Crippen molar-refractivity contribution in [3.05, 3.63) is 69.8 Å². The van der Waals surface area contributed by atoms with Crippen LogP contribution in [0.5, 0.6) is 0 Å². The Morgan fingerprint density at radius 2 is 1.43 bits per heavy atom. The Morgan fingerprint density at radius 3 is 1.91 bits per heavy atom. The second-order valence-corrected chi connectivity index (χ2v) is 14.9. The molecule has 3 radical (unpaired) electrons. The Balaban J connectivity index is 0.000000319. The Morgan fingerprint density at radius 1 is 0.936 bits per heavy atom. The minimum Gasteiger partial charge on any atom is -1.00 e. The molecule has 251 valence electrons. The molecule has 2 saturated carbocycles. The van der Waals surface area contributed by atoms with E-state index in [0.717, 1.165) is 51.1 Å². The molecule has 2 aromatic rings. The molecule has 4 fully saturated rings. The maximum absolute atomic E-state index is 12.1. The number of fused-ring (bicyclic) bond motifs is 2. The van der Waals surface area contributed by atoms with Crippen molar-refractivity contribution in [3.8, 4) is 0 Å². The summed E-state index contributed by atoms with van der Waals surface area (Å²) < 4.78 is 58.2. The predicted octanol–water partition coefficient (Wildman–Crippen LogP) is 3.76. The zero-order chi connectivity index (χ0) is 36.9. The molecule has 4 aliphatic carbocycles. The fourth-order valence-corrected chi connectivity index (χ4v) is 10.6. The van der Waals surface area contributed by atoms with Gasteiger partial charge in [0.1, 0.15) is 0 Å². The van der Waals surface area contributed by atoms with E-state index in [1.807, 2.05) is 24.3 Å². The summed E-state index contributed by atoms with van der Waals surface area (Å²) in [6.45, 7) is -0.388. The van der Waals surface area contributed by atoms with E-state index < -0.39 is 22.0 Å². The maximum atomic E-state index is 12.1. The summed E-state index contributed by atoms with van der Waals surface area (Å²) in [5, 5.41) is 7.05. The second kappa shape index (κ2) is 15.9. The molecule has 7 nitrogen and oxygen atoms in total.